The molecule has 0 fully saturated rings. The molecule has 0 aliphatic carbocycles. The highest BCUT2D eigenvalue weighted by atomic mass is 32.1. The molecule has 2 aromatic heterocycles. The average Bonchev–Trinajstić information content (AvgIpc) is 3.06. The molecule has 0 aliphatic heterocycles. The van der Waals surface area contributed by atoms with Crippen LogP contribution in [0, 0.1) is 20.8 Å². The van der Waals surface area contributed by atoms with E-state index in [0.29, 0.717) is 23.6 Å². The summed E-state index contributed by atoms with van der Waals surface area (Å²) in [5.41, 5.74) is 4.81. The largest absolute Gasteiger partial charge is 0.383 e. The molecular weight excluding hydrogens is 336 g/mol. The third-order valence-electron chi connectivity index (χ3n) is 4.35. The van der Waals surface area contributed by atoms with Crippen molar-refractivity contribution in [2.75, 3.05) is 13.7 Å². The summed E-state index contributed by atoms with van der Waals surface area (Å²) in [7, 11) is 3.49. The van der Waals surface area contributed by atoms with Gasteiger partial charge in [0.05, 0.1) is 16.8 Å². The number of carbonyl (C=O) groups excluding carboxylic acids is 1. The number of hydrogen-bond donors (Lipinski definition) is 0. The van der Waals surface area contributed by atoms with Crippen molar-refractivity contribution >= 4 is 27.5 Å². The van der Waals surface area contributed by atoms with E-state index in [0.717, 1.165) is 15.9 Å². The second kappa shape index (κ2) is 6.93. The van der Waals surface area contributed by atoms with Crippen molar-refractivity contribution in [2.24, 2.45) is 12.0 Å². The first kappa shape index (κ1) is 17.6. The summed E-state index contributed by atoms with van der Waals surface area (Å²) in [5, 5.41) is 4.22. The van der Waals surface area contributed by atoms with E-state index in [-0.39, 0.29) is 5.91 Å². The molecule has 0 N–H and O–H groups in total. The number of methoxy groups -OCH3 is 1. The van der Waals surface area contributed by atoms with Crippen LogP contribution >= 0.6 is 11.3 Å². The van der Waals surface area contributed by atoms with E-state index < -0.39 is 0 Å². The molecule has 25 heavy (non-hydrogen) atoms. The summed E-state index contributed by atoms with van der Waals surface area (Å²) in [4.78, 5) is 17.6. The van der Waals surface area contributed by atoms with Crippen molar-refractivity contribution in [3.05, 3.63) is 45.5 Å². The number of ether oxygens (including phenoxy) is 1. The van der Waals surface area contributed by atoms with Gasteiger partial charge < -0.3 is 9.30 Å². The number of amides is 1. The van der Waals surface area contributed by atoms with Gasteiger partial charge in [-0.2, -0.15) is 10.1 Å². The van der Waals surface area contributed by atoms with Gasteiger partial charge in [0, 0.05) is 26.4 Å². The predicted molar refractivity (Wildman–Crippen MR) is 99.0 cm³/mol. The highest BCUT2D eigenvalue weighted by Gasteiger charge is 2.13. The Hall–Kier alpha value is -2.25. The Kier molecular flexibility index (Phi) is 4.87. The quantitative estimate of drug-likeness (QED) is 0.720. The number of carbonyl (C=O) groups is 1. The standard InChI is InChI=1S/C18H22N4O2S/c1-11-8-15-16(9-12(11)2)25-18(22(15)6-7-24-5)19-17(23)14-10-13(3)21(4)20-14/h8-10H,6-7H2,1-5H3. The molecule has 0 spiro atoms. The van der Waals surface area contributed by atoms with Crippen LogP contribution in [-0.4, -0.2) is 34.0 Å². The summed E-state index contributed by atoms with van der Waals surface area (Å²) in [6, 6.07) is 6.05. The van der Waals surface area contributed by atoms with Crippen LogP contribution in [0.3, 0.4) is 0 Å². The van der Waals surface area contributed by atoms with E-state index in [2.05, 4.69) is 36.1 Å². The van der Waals surface area contributed by atoms with Crippen LogP contribution < -0.4 is 4.80 Å². The third kappa shape index (κ3) is 3.43. The summed E-state index contributed by atoms with van der Waals surface area (Å²) >= 11 is 1.52. The zero-order valence-electron chi connectivity index (χ0n) is 15.2. The Bertz CT molecular complexity index is 991. The van der Waals surface area contributed by atoms with Gasteiger partial charge in [0.15, 0.2) is 10.5 Å². The molecule has 3 aromatic rings. The van der Waals surface area contributed by atoms with Gasteiger partial charge in [-0.05, 0) is 50.1 Å². The minimum absolute atomic E-state index is 0.324. The Labute approximate surface area is 150 Å². The summed E-state index contributed by atoms with van der Waals surface area (Å²) in [5.74, 6) is -0.324. The molecule has 3 rings (SSSR count). The van der Waals surface area contributed by atoms with Gasteiger partial charge in [0.1, 0.15) is 0 Å². The topological polar surface area (TPSA) is 61.4 Å². The monoisotopic (exact) mass is 358 g/mol. The first-order valence-corrected chi connectivity index (χ1v) is 8.91. The Morgan fingerprint density at radius 1 is 1.24 bits per heavy atom. The lowest BCUT2D eigenvalue weighted by Crippen LogP contribution is -2.19. The lowest BCUT2D eigenvalue weighted by Gasteiger charge is -2.06. The fourth-order valence-corrected chi connectivity index (χ4v) is 3.75. The number of aromatic nitrogens is 3. The molecule has 0 bridgehead atoms. The number of rotatable bonds is 4. The highest BCUT2D eigenvalue weighted by molar-refractivity contribution is 7.16. The highest BCUT2D eigenvalue weighted by Crippen LogP contribution is 2.22. The Balaban J connectivity index is 2.14. The van der Waals surface area contributed by atoms with Gasteiger partial charge in [-0.25, -0.2) is 0 Å². The van der Waals surface area contributed by atoms with Crippen molar-refractivity contribution in [1.29, 1.82) is 0 Å². The van der Waals surface area contributed by atoms with Gasteiger partial charge >= 0.3 is 0 Å². The Morgan fingerprint density at radius 3 is 2.60 bits per heavy atom. The number of hydrogen-bond acceptors (Lipinski definition) is 4. The molecule has 1 aromatic carbocycles. The summed E-state index contributed by atoms with van der Waals surface area (Å²) in [6.07, 6.45) is 0. The van der Waals surface area contributed by atoms with Crippen molar-refractivity contribution in [3.63, 3.8) is 0 Å². The van der Waals surface area contributed by atoms with Crippen molar-refractivity contribution < 1.29 is 9.53 Å². The van der Waals surface area contributed by atoms with Crippen LogP contribution in [0.5, 0.6) is 0 Å². The molecular formula is C18H22N4O2S. The van der Waals surface area contributed by atoms with Gasteiger partial charge in [0.2, 0.25) is 0 Å². The fourth-order valence-electron chi connectivity index (χ4n) is 2.61. The maximum atomic E-state index is 12.5. The molecule has 6 nitrogen and oxygen atoms in total. The van der Waals surface area contributed by atoms with Gasteiger partial charge in [-0.3, -0.25) is 9.48 Å². The lowest BCUT2D eigenvalue weighted by atomic mass is 10.1. The smallest absolute Gasteiger partial charge is 0.300 e. The molecule has 0 atom stereocenters. The fraction of sp³-hybridized carbons (Fsp3) is 0.389. The Morgan fingerprint density at radius 2 is 1.96 bits per heavy atom. The van der Waals surface area contributed by atoms with E-state index in [4.69, 9.17) is 4.74 Å². The second-order valence-electron chi connectivity index (χ2n) is 6.14. The molecule has 2 heterocycles. The minimum Gasteiger partial charge on any atom is -0.383 e. The van der Waals surface area contributed by atoms with Crippen LogP contribution in [0.1, 0.15) is 27.3 Å². The van der Waals surface area contributed by atoms with Gasteiger partial charge in [-0.1, -0.05) is 11.3 Å². The lowest BCUT2D eigenvalue weighted by molar-refractivity contribution is 0.0992. The molecule has 1 amide bonds. The minimum atomic E-state index is -0.324. The molecule has 0 saturated heterocycles. The number of aryl methyl sites for hydroxylation is 4. The van der Waals surface area contributed by atoms with Crippen LogP contribution in [0.4, 0.5) is 0 Å². The number of nitrogens with zero attached hydrogens (tertiary/aromatic N) is 4. The molecule has 0 saturated carbocycles. The molecule has 132 valence electrons. The van der Waals surface area contributed by atoms with E-state index in [9.17, 15) is 4.79 Å². The summed E-state index contributed by atoms with van der Waals surface area (Å²) < 4.78 is 10.1. The third-order valence-corrected chi connectivity index (χ3v) is 5.39. The van der Waals surface area contributed by atoms with Crippen LogP contribution in [0.15, 0.2) is 23.2 Å². The van der Waals surface area contributed by atoms with E-state index in [1.165, 1.54) is 22.5 Å². The molecule has 0 radical (unpaired) electrons. The number of benzene rings is 1. The summed E-state index contributed by atoms with van der Waals surface area (Å²) in [6.45, 7) is 7.29. The van der Waals surface area contributed by atoms with E-state index in [1.807, 2.05) is 18.5 Å². The number of thiazole rings is 1. The van der Waals surface area contributed by atoms with Crippen molar-refractivity contribution in [2.45, 2.75) is 27.3 Å². The zero-order chi connectivity index (χ0) is 18.1. The maximum absolute atomic E-state index is 12.5. The van der Waals surface area contributed by atoms with Gasteiger partial charge in [0.25, 0.3) is 5.91 Å². The van der Waals surface area contributed by atoms with Crippen LogP contribution in [0.25, 0.3) is 10.2 Å². The molecule has 0 aliphatic rings. The zero-order valence-corrected chi connectivity index (χ0v) is 16.0. The first-order valence-electron chi connectivity index (χ1n) is 8.10. The predicted octanol–water partition coefficient (Wildman–Crippen LogP) is 2.75. The average molecular weight is 358 g/mol. The normalized spacial score (nSPS) is 12.3. The van der Waals surface area contributed by atoms with Crippen LogP contribution in [-0.2, 0) is 18.3 Å². The molecule has 0 unspecified atom stereocenters. The van der Waals surface area contributed by atoms with Crippen molar-refractivity contribution in [3.8, 4) is 0 Å². The maximum Gasteiger partial charge on any atom is 0.300 e. The first-order chi connectivity index (χ1) is 11.9. The van der Waals surface area contributed by atoms with Crippen LogP contribution in [0.2, 0.25) is 0 Å². The van der Waals surface area contributed by atoms with Gasteiger partial charge in [-0.15, -0.1) is 0 Å². The van der Waals surface area contributed by atoms with Crippen molar-refractivity contribution in [1.82, 2.24) is 14.3 Å². The number of fused-ring (bicyclic) bond motifs is 1. The van der Waals surface area contributed by atoms with E-state index in [1.54, 1.807) is 17.9 Å². The molecule has 7 heteroatoms. The van der Waals surface area contributed by atoms with E-state index >= 15 is 0 Å². The SMILES string of the molecule is COCCn1c(=NC(=O)c2cc(C)n(C)n2)sc2cc(C)c(C)cc21. The second-order valence-corrected chi connectivity index (χ2v) is 7.15.